The molecule has 0 spiro atoms. The van der Waals surface area contributed by atoms with Crippen molar-refractivity contribution in [3.8, 4) is 0 Å². The molecule has 2 nitrogen and oxygen atoms in total. The molecule has 0 atom stereocenters. The zero-order valence-corrected chi connectivity index (χ0v) is 17.1. The van der Waals surface area contributed by atoms with E-state index in [0.29, 0.717) is 0 Å². The van der Waals surface area contributed by atoms with E-state index in [9.17, 15) is 0 Å². The van der Waals surface area contributed by atoms with Crippen LogP contribution in [0.5, 0.6) is 0 Å². The lowest BCUT2D eigenvalue weighted by Gasteiger charge is -2.27. The van der Waals surface area contributed by atoms with Crippen molar-refractivity contribution >= 4 is 23.3 Å². The van der Waals surface area contributed by atoms with Crippen LogP contribution >= 0.6 is 0 Å². The summed E-state index contributed by atoms with van der Waals surface area (Å²) >= 11 is 0. The first-order valence-corrected chi connectivity index (χ1v) is 9.86. The van der Waals surface area contributed by atoms with Crippen LogP contribution in [0.1, 0.15) is 31.9 Å². The number of rotatable bonds is 2. The summed E-state index contributed by atoms with van der Waals surface area (Å²) in [5.74, 6) is 0. The van der Waals surface area contributed by atoms with Crippen LogP contribution in [0.3, 0.4) is 0 Å². The van der Waals surface area contributed by atoms with Crippen molar-refractivity contribution in [2.45, 2.75) is 20.8 Å². The number of nitrogens with zero attached hydrogens (tertiary/aromatic N) is 2. The molecule has 0 aliphatic carbocycles. The summed E-state index contributed by atoms with van der Waals surface area (Å²) in [7, 11) is 0. The molecule has 0 bridgehead atoms. The molecule has 29 heavy (non-hydrogen) atoms. The molecular formula is C27H24N2-2. The molecule has 4 rings (SSSR count). The number of benzene rings is 3. The molecule has 0 aromatic heterocycles. The van der Waals surface area contributed by atoms with E-state index in [1.165, 1.54) is 16.4 Å². The van der Waals surface area contributed by atoms with Gasteiger partial charge in [0.25, 0.3) is 0 Å². The summed E-state index contributed by atoms with van der Waals surface area (Å²) in [6, 6.07) is 30.3. The average Bonchev–Trinajstić information content (AvgIpc) is 2.75. The van der Waals surface area contributed by atoms with Crippen molar-refractivity contribution in [3.63, 3.8) is 0 Å². The van der Waals surface area contributed by atoms with E-state index in [1.54, 1.807) is 6.34 Å². The molecule has 3 aromatic carbocycles. The molecule has 3 aromatic rings. The summed E-state index contributed by atoms with van der Waals surface area (Å²) < 4.78 is 0. The Hall–Kier alpha value is -3.39. The quantitative estimate of drug-likeness (QED) is 0.543. The second kappa shape index (κ2) is 7.92. The molecular weight excluding hydrogens is 352 g/mol. The zero-order chi connectivity index (χ0) is 20.3. The van der Waals surface area contributed by atoms with E-state index in [0.717, 1.165) is 22.2 Å². The maximum absolute atomic E-state index is 4.62. The third-order valence-electron chi connectivity index (χ3n) is 4.94. The largest absolute Gasteiger partial charge is 0.488 e. The van der Waals surface area contributed by atoms with Gasteiger partial charge in [-0.25, -0.2) is 0 Å². The second-order valence-corrected chi connectivity index (χ2v) is 8.10. The fraction of sp³-hybridized carbons (Fsp3) is 0.148. The van der Waals surface area contributed by atoms with Crippen LogP contribution in [-0.4, -0.2) is 6.34 Å². The van der Waals surface area contributed by atoms with Gasteiger partial charge in [-0.2, -0.15) is 0 Å². The third-order valence-corrected chi connectivity index (χ3v) is 4.94. The summed E-state index contributed by atoms with van der Waals surface area (Å²) in [5.41, 5.74) is 5.28. The predicted molar refractivity (Wildman–Crippen MR) is 123 cm³/mol. The van der Waals surface area contributed by atoms with Gasteiger partial charge in [0.1, 0.15) is 0 Å². The standard InChI is InChI=1S/C27H24N2/c1-27(2,3)26(21-14-8-5-9-15-21)23-17-11-10-16-22(23)25-18-24(28-19-29-25)20-12-6-4-7-13-20/h4-12,14-19H,1-3H3/q-2/b25-22-,26-23-. The highest BCUT2D eigenvalue weighted by Crippen LogP contribution is 2.31. The van der Waals surface area contributed by atoms with Gasteiger partial charge in [0.2, 0.25) is 0 Å². The van der Waals surface area contributed by atoms with Crippen LogP contribution in [0.2, 0.25) is 0 Å². The molecule has 0 amide bonds. The van der Waals surface area contributed by atoms with Crippen molar-refractivity contribution in [2.24, 2.45) is 10.4 Å². The molecule has 1 heterocycles. The van der Waals surface area contributed by atoms with Gasteiger partial charge in [-0.15, -0.1) is 47.9 Å². The molecule has 2 heteroatoms. The fourth-order valence-corrected chi connectivity index (χ4v) is 3.73. The first-order chi connectivity index (χ1) is 14.0. The van der Waals surface area contributed by atoms with Crippen molar-refractivity contribution < 1.29 is 0 Å². The summed E-state index contributed by atoms with van der Waals surface area (Å²) in [4.78, 5) is 4.62. The molecule has 0 unspecified atom stereocenters. The van der Waals surface area contributed by atoms with E-state index in [4.69, 9.17) is 0 Å². The Balaban J connectivity index is 2.05. The molecule has 144 valence electrons. The predicted octanol–water partition coefficient (Wildman–Crippen LogP) is 5.30. The fourth-order valence-electron chi connectivity index (χ4n) is 3.73. The summed E-state index contributed by atoms with van der Waals surface area (Å²) in [5, 5.41) is 6.78. The Morgan fingerprint density at radius 2 is 1.59 bits per heavy atom. The Labute approximate surface area is 172 Å². The highest BCUT2D eigenvalue weighted by atomic mass is 15.0. The third kappa shape index (κ3) is 4.07. The Morgan fingerprint density at radius 3 is 2.31 bits per heavy atom. The lowest BCUT2D eigenvalue weighted by molar-refractivity contribution is 0.564. The molecule has 0 saturated carbocycles. The van der Waals surface area contributed by atoms with Gasteiger partial charge in [0.05, 0.1) is 0 Å². The van der Waals surface area contributed by atoms with Crippen LogP contribution in [0.25, 0.3) is 22.3 Å². The van der Waals surface area contributed by atoms with Crippen molar-refractivity contribution in [1.82, 2.24) is 0 Å². The average molecular weight is 377 g/mol. The van der Waals surface area contributed by atoms with Crippen LogP contribution in [0, 0.1) is 11.5 Å². The molecule has 0 fully saturated rings. The van der Waals surface area contributed by atoms with E-state index < -0.39 is 0 Å². The van der Waals surface area contributed by atoms with Gasteiger partial charge >= 0.3 is 0 Å². The van der Waals surface area contributed by atoms with E-state index in [2.05, 4.69) is 97.8 Å². The summed E-state index contributed by atoms with van der Waals surface area (Å²) in [6.45, 7) is 6.78. The van der Waals surface area contributed by atoms with Crippen LogP contribution in [0.4, 0.5) is 0 Å². The minimum absolute atomic E-state index is 0.0273. The van der Waals surface area contributed by atoms with Crippen molar-refractivity contribution in [3.05, 3.63) is 118 Å². The number of aliphatic imine (C=N–C) groups is 1. The zero-order valence-electron chi connectivity index (χ0n) is 17.1. The van der Waals surface area contributed by atoms with Gasteiger partial charge in [-0.05, 0) is 32.7 Å². The Morgan fingerprint density at radius 1 is 0.862 bits per heavy atom. The smallest absolute Gasteiger partial charge is 0.0120 e. The van der Waals surface area contributed by atoms with Gasteiger partial charge in [0.15, 0.2) is 0 Å². The maximum Gasteiger partial charge on any atom is -0.0120 e. The van der Waals surface area contributed by atoms with E-state index in [-0.39, 0.29) is 5.41 Å². The van der Waals surface area contributed by atoms with Crippen LogP contribution < -0.4 is 10.4 Å². The van der Waals surface area contributed by atoms with Crippen LogP contribution in [-0.2, 0) is 0 Å². The van der Waals surface area contributed by atoms with E-state index >= 15 is 0 Å². The van der Waals surface area contributed by atoms with Crippen molar-refractivity contribution in [1.29, 1.82) is 0 Å². The molecule has 1 aliphatic heterocycles. The summed E-state index contributed by atoms with van der Waals surface area (Å²) in [6.07, 6.45) is 3.69. The molecule has 0 N–H and O–H groups in total. The Bertz CT molecular complexity index is 1180. The lowest BCUT2D eigenvalue weighted by Crippen LogP contribution is -2.33. The normalized spacial score (nSPS) is 16.7. The first-order valence-electron chi connectivity index (χ1n) is 9.86. The van der Waals surface area contributed by atoms with E-state index in [1.807, 2.05) is 24.3 Å². The van der Waals surface area contributed by atoms with Crippen molar-refractivity contribution in [2.75, 3.05) is 0 Å². The van der Waals surface area contributed by atoms with Crippen LogP contribution in [0.15, 0.2) is 89.9 Å². The lowest BCUT2D eigenvalue weighted by atomic mass is 9.80. The molecule has 0 radical (unpaired) electrons. The second-order valence-electron chi connectivity index (χ2n) is 8.10. The number of hydrogen-bond donors (Lipinski definition) is 0. The molecule has 0 saturated heterocycles. The highest BCUT2D eigenvalue weighted by Gasteiger charge is 2.19. The minimum atomic E-state index is -0.0273. The highest BCUT2D eigenvalue weighted by molar-refractivity contribution is 6.00. The topological polar surface area (TPSA) is 26.5 Å². The number of hydrogen-bond acceptors (Lipinski definition) is 1. The van der Waals surface area contributed by atoms with Gasteiger partial charge in [-0.1, -0.05) is 81.4 Å². The minimum Gasteiger partial charge on any atom is -0.488 e. The maximum atomic E-state index is 4.62. The monoisotopic (exact) mass is 376 g/mol. The van der Waals surface area contributed by atoms with Gasteiger partial charge in [0, 0.05) is 0 Å². The SMILES string of the molecule is CC(C)(C)/C(c1ccccc1)=c1/cccc/c1=C1\C=C(c2[c-]cccc2)[N-]C=N1. The molecule has 1 aliphatic rings. The van der Waals surface area contributed by atoms with Gasteiger partial charge in [-0.3, -0.25) is 0 Å². The Kier molecular flexibility index (Phi) is 5.18. The van der Waals surface area contributed by atoms with Gasteiger partial charge < -0.3 is 10.3 Å². The first kappa shape index (κ1) is 18.9.